The van der Waals surface area contributed by atoms with Crippen molar-refractivity contribution in [1.29, 1.82) is 0 Å². The maximum Gasteiger partial charge on any atom is 0.354 e. The highest BCUT2D eigenvalue weighted by Gasteiger charge is 2.18. The summed E-state index contributed by atoms with van der Waals surface area (Å²) < 4.78 is 1.41. The van der Waals surface area contributed by atoms with Crippen molar-refractivity contribution in [3.05, 3.63) is 17.5 Å². The maximum atomic E-state index is 11.0. The van der Waals surface area contributed by atoms with Crippen molar-refractivity contribution in [2.45, 2.75) is 38.3 Å². The largest absolute Gasteiger partial charge is 0.477 e. The standard InChI is InChI=1S/C11H17N3O2/c1-14-10(11(15)16)8(7-13-14)6-12-9-4-2-3-5-9/h7,9,12H,2-6H2,1H3,(H,15,16). The highest BCUT2D eigenvalue weighted by molar-refractivity contribution is 5.87. The van der Waals surface area contributed by atoms with Gasteiger partial charge in [0.25, 0.3) is 0 Å². The van der Waals surface area contributed by atoms with Gasteiger partial charge in [-0.3, -0.25) is 4.68 Å². The molecule has 2 N–H and O–H groups in total. The van der Waals surface area contributed by atoms with Gasteiger partial charge in [-0.25, -0.2) is 4.79 Å². The molecule has 1 aliphatic carbocycles. The summed E-state index contributed by atoms with van der Waals surface area (Å²) >= 11 is 0. The van der Waals surface area contributed by atoms with Gasteiger partial charge in [-0.15, -0.1) is 0 Å². The Morgan fingerprint density at radius 2 is 2.31 bits per heavy atom. The first kappa shape index (κ1) is 11.1. The molecular formula is C11H17N3O2. The third-order valence-electron chi connectivity index (χ3n) is 3.15. The number of carbonyl (C=O) groups is 1. The van der Waals surface area contributed by atoms with E-state index >= 15 is 0 Å². The van der Waals surface area contributed by atoms with Crippen molar-refractivity contribution in [2.75, 3.05) is 0 Å². The highest BCUT2D eigenvalue weighted by Crippen LogP contribution is 2.18. The van der Waals surface area contributed by atoms with Gasteiger partial charge < -0.3 is 10.4 Å². The van der Waals surface area contributed by atoms with Crippen molar-refractivity contribution in [1.82, 2.24) is 15.1 Å². The lowest BCUT2D eigenvalue weighted by Gasteiger charge is -2.10. The quantitative estimate of drug-likeness (QED) is 0.803. The molecule has 5 nitrogen and oxygen atoms in total. The molecule has 1 saturated carbocycles. The fourth-order valence-corrected chi connectivity index (χ4v) is 2.27. The van der Waals surface area contributed by atoms with Crippen LogP contribution in [0.2, 0.25) is 0 Å². The summed E-state index contributed by atoms with van der Waals surface area (Å²) in [5, 5.41) is 16.4. The zero-order valence-electron chi connectivity index (χ0n) is 9.44. The van der Waals surface area contributed by atoms with Gasteiger partial charge in [0, 0.05) is 25.2 Å². The topological polar surface area (TPSA) is 67.2 Å². The minimum Gasteiger partial charge on any atom is -0.477 e. The second-order valence-corrected chi connectivity index (χ2v) is 4.31. The van der Waals surface area contributed by atoms with E-state index in [1.807, 2.05) is 0 Å². The first-order valence-corrected chi connectivity index (χ1v) is 5.66. The van der Waals surface area contributed by atoms with Gasteiger partial charge in [0.2, 0.25) is 0 Å². The van der Waals surface area contributed by atoms with Crippen molar-refractivity contribution in [2.24, 2.45) is 7.05 Å². The Balaban J connectivity index is 2.00. The Hall–Kier alpha value is -1.36. The molecule has 0 aromatic carbocycles. The molecule has 0 saturated heterocycles. The molecule has 1 aromatic heterocycles. The molecule has 0 radical (unpaired) electrons. The lowest BCUT2D eigenvalue weighted by Crippen LogP contribution is -2.26. The fraction of sp³-hybridized carbons (Fsp3) is 0.636. The summed E-state index contributed by atoms with van der Waals surface area (Å²) in [4.78, 5) is 11.0. The van der Waals surface area contributed by atoms with Crippen LogP contribution in [-0.4, -0.2) is 26.9 Å². The molecule has 0 unspecified atom stereocenters. The van der Waals surface area contributed by atoms with Gasteiger partial charge in [0.1, 0.15) is 5.69 Å². The van der Waals surface area contributed by atoms with Crippen molar-refractivity contribution < 1.29 is 9.90 Å². The Kier molecular flexibility index (Phi) is 3.24. The zero-order valence-corrected chi connectivity index (χ0v) is 9.44. The molecule has 5 heteroatoms. The summed E-state index contributed by atoms with van der Waals surface area (Å²) in [6, 6.07) is 0.543. The molecule has 1 aromatic rings. The van der Waals surface area contributed by atoms with Crippen LogP contribution in [0.1, 0.15) is 41.7 Å². The van der Waals surface area contributed by atoms with E-state index in [-0.39, 0.29) is 5.69 Å². The van der Waals surface area contributed by atoms with E-state index in [1.165, 1.54) is 30.4 Å². The summed E-state index contributed by atoms with van der Waals surface area (Å²) in [7, 11) is 1.66. The molecule has 0 spiro atoms. The Labute approximate surface area is 94.5 Å². The van der Waals surface area contributed by atoms with E-state index in [1.54, 1.807) is 13.2 Å². The lowest BCUT2D eigenvalue weighted by molar-refractivity contribution is 0.0683. The van der Waals surface area contributed by atoms with Crippen LogP contribution >= 0.6 is 0 Å². The van der Waals surface area contributed by atoms with Crippen LogP contribution in [0.5, 0.6) is 0 Å². The van der Waals surface area contributed by atoms with Crippen molar-refractivity contribution in [3.8, 4) is 0 Å². The molecule has 0 bridgehead atoms. The van der Waals surface area contributed by atoms with Gasteiger partial charge in [-0.1, -0.05) is 12.8 Å². The normalized spacial score (nSPS) is 16.8. The molecule has 1 heterocycles. The molecule has 0 aliphatic heterocycles. The monoisotopic (exact) mass is 223 g/mol. The second kappa shape index (κ2) is 4.65. The number of hydrogen-bond acceptors (Lipinski definition) is 3. The number of aryl methyl sites for hydroxylation is 1. The number of nitrogens with one attached hydrogen (secondary N) is 1. The average Bonchev–Trinajstić information content (AvgIpc) is 2.83. The molecular weight excluding hydrogens is 206 g/mol. The summed E-state index contributed by atoms with van der Waals surface area (Å²) in [6.07, 6.45) is 6.57. The van der Waals surface area contributed by atoms with E-state index < -0.39 is 5.97 Å². The second-order valence-electron chi connectivity index (χ2n) is 4.31. The van der Waals surface area contributed by atoms with E-state index in [0.717, 1.165) is 5.56 Å². The predicted molar refractivity (Wildman–Crippen MR) is 59.3 cm³/mol. The molecule has 88 valence electrons. The number of aromatic nitrogens is 2. The van der Waals surface area contributed by atoms with Gasteiger partial charge in [0.15, 0.2) is 0 Å². The van der Waals surface area contributed by atoms with Crippen LogP contribution in [-0.2, 0) is 13.6 Å². The third kappa shape index (κ3) is 2.24. The van der Waals surface area contributed by atoms with E-state index in [2.05, 4.69) is 10.4 Å². The number of carboxylic acids is 1. The van der Waals surface area contributed by atoms with E-state index in [9.17, 15) is 4.79 Å². The number of carboxylic acid groups (broad SMARTS) is 1. The van der Waals surface area contributed by atoms with Crippen LogP contribution in [0.3, 0.4) is 0 Å². The van der Waals surface area contributed by atoms with Gasteiger partial charge in [-0.2, -0.15) is 5.10 Å². The van der Waals surface area contributed by atoms with Crippen molar-refractivity contribution in [3.63, 3.8) is 0 Å². The number of aromatic carboxylic acids is 1. The summed E-state index contributed by atoms with van der Waals surface area (Å²) in [5.41, 5.74) is 1.05. The van der Waals surface area contributed by atoms with Crippen LogP contribution in [0.4, 0.5) is 0 Å². The van der Waals surface area contributed by atoms with E-state index in [4.69, 9.17) is 5.11 Å². The predicted octanol–water partition coefficient (Wildman–Crippen LogP) is 1.15. The van der Waals surface area contributed by atoms with Crippen LogP contribution in [0.25, 0.3) is 0 Å². The number of nitrogens with zero attached hydrogens (tertiary/aromatic N) is 2. The molecule has 0 amide bonds. The van der Waals surface area contributed by atoms with Crippen LogP contribution < -0.4 is 5.32 Å². The molecule has 1 aliphatic rings. The van der Waals surface area contributed by atoms with Gasteiger partial charge >= 0.3 is 5.97 Å². The zero-order chi connectivity index (χ0) is 11.5. The Morgan fingerprint density at radius 1 is 1.62 bits per heavy atom. The van der Waals surface area contributed by atoms with Crippen molar-refractivity contribution >= 4 is 5.97 Å². The number of hydrogen-bond donors (Lipinski definition) is 2. The minimum absolute atomic E-state index is 0.283. The minimum atomic E-state index is -0.914. The fourth-order valence-electron chi connectivity index (χ4n) is 2.27. The molecule has 1 fully saturated rings. The molecule has 2 rings (SSSR count). The Bertz CT molecular complexity index is 381. The first-order chi connectivity index (χ1) is 7.68. The highest BCUT2D eigenvalue weighted by atomic mass is 16.4. The van der Waals surface area contributed by atoms with Crippen LogP contribution in [0.15, 0.2) is 6.20 Å². The average molecular weight is 223 g/mol. The molecule has 16 heavy (non-hydrogen) atoms. The number of rotatable bonds is 4. The van der Waals surface area contributed by atoms with Gasteiger partial charge in [0.05, 0.1) is 6.20 Å². The first-order valence-electron chi connectivity index (χ1n) is 5.66. The smallest absolute Gasteiger partial charge is 0.354 e. The lowest BCUT2D eigenvalue weighted by atomic mass is 10.2. The summed E-state index contributed by atoms with van der Waals surface area (Å²) in [5.74, 6) is -0.914. The molecule has 0 atom stereocenters. The van der Waals surface area contributed by atoms with E-state index in [0.29, 0.717) is 12.6 Å². The van der Waals surface area contributed by atoms with Crippen LogP contribution in [0, 0.1) is 0 Å². The maximum absolute atomic E-state index is 11.0. The SMILES string of the molecule is Cn1ncc(CNC2CCCC2)c1C(=O)O. The Morgan fingerprint density at radius 3 is 2.94 bits per heavy atom. The van der Waals surface area contributed by atoms with Gasteiger partial charge in [-0.05, 0) is 12.8 Å². The summed E-state index contributed by atoms with van der Waals surface area (Å²) in [6.45, 7) is 0.597. The third-order valence-corrected chi connectivity index (χ3v) is 3.15.